The summed E-state index contributed by atoms with van der Waals surface area (Å²) >= 11 is 0. The molecule has 2 N–H and O–H groups in total. The molecule has 266 valence electrons. The molecule has 1 unspecified atom stereocenters. The first-order valence-electron chi connectivity index (χ1n) is 18.4. The molecule has 0 aromatic rings. The Kier molecular flexibility index (Phi) is 26.2. The number of phosphoric ester groups is 1. The summed E-state index contributed by atoms with van der Waals surface area (Å²) < 4.78 is 32.2. The van der Waals surface area contributed by atoms with Crippen molar-refractivity contribution in [2.45, 2.75) is 174 Å². The molecule has 0 radical (unpaired) electrons. The first-order valence-corrected chi connectivity index (χ1v) is 19.8. The van der Waals surface area contributed by atoms with Crippen LogP contribution in [0.25, 0.3) is 0 Å². The second kappa shape index (κ2) is 28.1. The molecule has 1 fully saturated rings. The zero-order valence-corrected chi connectivity index (χ0v) is 29.7. The van der Waals surface area contributed by atoms with E-state index < -0.39 is 32.5 Å². The van der Waals surface area contributed by atoms with E-state index in [9.17, 15) is 19.0 Å². The molecule has 9 nitrogen and oxygen atoms in total. The van der Waals surface area contributed by atoms with E-state index in [2.05, 4.69) is 18.4 Å². The summed E-state index contributed by atoms with van der Waals surface area (Å²) in [5.74, 6) is 0.938. The van der Waals surface area contributed by atoms with E-state index in [1.807, 2.05) is 0 Å². The van der Waals surface area contributed by atoms with Gasteiger partial charge in [0.25, 0.3) is 7.82 Å². The Morgan fingerprint density at radius 1 is 0.733 bits per heavy atom. The highest BCUT2D eigenvalue weighted by Crippen LogP contribution is 2.38. The van der Waals surface area contributed by atoms with E-state index in [1.165, 1.54) is 96.3 Å². The van der Waals surface area contributed by atoms with Crippen molar-refractivity contribution in [1.82, 2.24) is 0 Å². The number of nitrogens with two attached hydrogens (primary N) is 1. The molecule has 0 aliphatic heterocycles. The van der Waals surface area contributed by atoms with Gasteiger partial charge in [-0.3, -0.25) is 14.2 Å². The number of ether oxygens (including phenoxy) is 2. The van der Waals surface area contributed by atoms with E-state index in [4.69, 9.17) is 19.7 Å². The highest BCUT2D eigenvalue weighted by Gasteiger charge is 2.21. The quantitative estimate of drug-likeness (QED) is 0.0427. The van der Waals surface area contributed by atoms with Crippen molar-refractivity contribution in [2.24, 2.45) is 17.6 Å². The van der Waals surface area contributed by atoms with E-state index in [-0.39, 0.29) is 32.6 Å². The summed E-state index contributed by atoms with van der Waals surface area (Å²) in [7, 11) is -4.61. The van der Waals surface area contributed by atoms with Gasteiger partial charge in [-0.05, 0) is 24.7 Å². The van der Waals surface area contributed by atoms with Gasteiger partial charge in [0.15, 0.2) is 6.10 Å². The van der Waals surface area contributed by atoms with Crippen LogP contribution in [0.2, 0.25) is 0 Å². The smallest absolute Gasteiger partial charge is 0.306 e. The van der Waals surface area contributed by atoms with Crippen molar-refractivity contribution >= 4 is 19.8 Å². The molecule has 0 heterocycles. The Balaban J connectivity index is 2.21. The molecule has 0 aromatic carbocycles. The van der Waals surface area contributed by atoms with E-state index >= 15 is 0 Å². The summed E-state index contributed by atoms with van der Waals surface area (Å²) in [6.45, 7) is 3.60. The van der Waals surface area contributed by atoms with Crippen LogP contribution >= 0.6 is 7.82 Å². The van der Waals surface area contributed by atoms with Crippen LogP contribution in [0.1, 0.15) is 168 Å². The number of carbonyl (C=O) groups is 2. The number of carbonyl (C=O) groups excluding carboxylic acids is 2. The number of esters is 2. The van der Waals surface area contributed by atoms with Crippen LogP contribution in [-0.2, 0) is 32.7 Å². The van der Waals surface area contributed by atoms with E-state index in [0.29, 0.717) is 6.42 Å². The normalized spacial score (nSPS) is 15.5. The predicted molar refractivity (Wildman–Crippen MR) is 179 cm³/mol. The van der Waals surface area contributed by atoms with Crippen molar-refractivity contribution in [3.8, 4) is 0 Å². The topological polar surface area (TPSA) is 137 Å². The van der Waals surface area contributed by atoms with Crippen LogP contribution in [0.15, 0.2) is 0 Å². The van der Waals surface area contributed by atoms with Gasteiger partial charge in [0.1, 0.15) is 6.61 Å². The summed E-state index contributed by atoms with van der Waals surface area (Å²) in [5, 5.41) is 0. The van der Waals surface area contributed by atoms with Crippen LogP contribution in [0.3, 0.4) is 0 Å². The Hall–Kier alpha value is -0.990. The minimum Gasteiger partial charge on any atom is -0.756 e. The van der Waals surface area contributed by atoms with Crippen molar-refractivity contribution in [3.05, 3.63) is 0 Å². The molecular formula is C35H67NO8P-. The van der Waals surface area contributed by atoms with Crippen LogP contribution < -0.4 is 10.6 Å². The number of unbranched alkanes of at least 4 members (excludes halogenated alkanes) is 15. The van der Waals surface area contributed by atoms with Crippen molar-refractivity contribution in [2.75, 3.05) is 26.4 Å². The number of phosphoric acid groups is 1. The van der Waals surface area contributed by atoms with Gasteiger partial charge in [0, 0.05) is 19.4 Å². The molecule has 45 heavy (non-hydrogen) atoms. The molecule has 0 spiro atoms. The van der Waals surface area contributed by atoms with Crippen molar-refractivity contribution < 1.29 is 37.6 Å². The van der Waals surface area contributed by atoms with Crippen LogP contribution in [0.5, 0.6) is 0 Å². The van der Waals surface area contributed by atoms with Crippen molar-refractivity contribution in [1.29, 1.82) is 0 Å². The first kappa shape index (κ1) is 42.0. The van der Waals surface area contributed by atoms with Gasteiger partial charge < -0.3 is 29.1 Å². The maximum Gasteiger partial charge on any atom is 0.306 e. The van der Waals surface area contributed by atoms with Crippen molar-refractivity contribution in [3.63, 3.8) is 0 Å². The number of rotatable bonds is 32. The van der Waals surface area contributed by atoms with Crippen LogP contribution in [-0.4, -0.2) is 44.4 Å². The monoisotopic (exact) mass is 660 g/mol. The molecule has 1 rings (SSSR count). The lowest BCUT2D eigenvalue weighted by atomic mass is 9.81. The average Bonchev–Trinajstić information content (AvgIpc) is 2.97. The Morgan fingerprint density at radius 3 is 1.76 bits per heavy atom. The van der Waals surface area contributed by atoms with Crippen LogP contribution in [0, 0.1) is 11.8 Å². The molecule has 0 bridgehead atoms. The minimum absolute atomic E-state index is 0.0182. The van der Waals surface area contributed by atoms with Gasteiger partial charge >= 0.3 is 11.9 Å². The van der Waals surface area contributed by atoms with E-state index in [0.717, 1.165) is 50.4 Å². The Labute approximate surface area is 275 Å². The lowest BCUT2D eigenvalue weighted by molar-refractivity contribution is -0.228. The van der Waals surface area contributed by atoms with Gasteiger partial charge in [-0.25, -0.2) is 0 Å². The summed E-state index contributed by atoms with van der Waals surface area (Å²) in [6, 6.07) is 0. The molecule has 1 saturated carbocycles. The molecule has 2 atom stereocenters. The lowest BCUT2D eigenvalue weighted by Crippen LogP contribution is -2.30. The second-order valence-electron chi connectivity index (χ2n) is 13.4. The number of hydrogen-bond acceptors (Lipinski definition) is 9. The average molecular weight is 661 g/mol. The third-order valence-electron chi connectivity index (χ3n) is 8.64. The number of hydrogen-bond donors (Lipinski definition) is 1. The summed E-state index contributed by atoms with van der Waals surface area (Å²) in [6.07, 6.45) is 26.0. The SMILES string of the molecule is CC(C)CCCCCCCCCCCC(=O)O[C@@H](COC(=O)CCCCCCCCCCC1CCC1)COP(=O)([O-])OCCN. The maximum absolute atomic E-state index is 12.5. The van der Waals surface area contributed by atoms with Gasteiger partial charge in [-0.2, -0.15) is 0 Å². The third kappa shape index (κ3) is 26.7. The summed E-state index contributed by atoms with van der Waals surface area (Å²) in [4.78, 5) is 36.7. The maximum atomic E-state index is 12.5. The largest absolute Gasteiger partial charge is 0.756 e. The van der Waals surface area contributed by atoms with Crippen LogP contribution in [0.4, 0.5) is 0 Å². The molecule has 0 saturated heterocycles. The Morgan fingerprint density at radius 2 is 1.24 bits per heavy atom. The van der Waals surface area contributed by atoms with Gasteiger partial charge in [-0.1, -0.05) is 142 Å². The molecule has 1 aliphatic carbocycles. The van der Waals surface area contributed by atoms with Gasteiger partial charge in [0.2, 0.25) is 0 Å². The van der Waals surface area contributed by atoms with Gasteiger partial charge in [0.05, 0.1) is 13.2 Å². The Bertz CT molecular complexity index is 777. The van der Waals surface area contributed by atoms with E-state index in [1.54, 1.807) is 0 Å². The zero-order valence-electron chi connectivity index (χ0n) is 28.8. The molecular weight excluding hydrogens is 593 g/mol. The lowest BCUT2D eigenvalue weighted by Gasteiger charge is -2.25. The fourth-order valence-corrected chi connectivity index (χ4v) is 6.35. The standard InChI is InChI=1S/C35H68NO8P/c1-31(2)21-16-12-8-4-3-5-11-15-19-26-35(38)44-33(30-43-45(39,40)42-28-27-36)29-41-34(37)25-18-14-10-7-6-9-13-17-22-32-23-20-24-32/h31-33H,3-30,36H2,1-2H3,(H,39,40)/p-1/t33-/m0/s1. The molecule has 10 heteroatoms. The highest BCUT2D eigenvalue weighted by atomic mass is 31.2. The summed E-state index contributed by atoms with van der Waals surface area (Å²) in [5.41, 5.74) is 5.30. The zero-order chi connectivity index (χ0) is 33.0. The minimum atomic E-state index is -4.61. The van der Waals surface area contributed by atoms with Gasteiger partial charge in [-0.15, -0.1) is 0 Å². The highest BCUT2D eigenvalue weighted by molar-refractivity contribution is 7.45. The molecule has 0 amide bonds. The molecule has 0 aromatic heterocycles. The fourth-order valence-electron chi connectivity index (χ4n) is 5.60. The molecule has 1 aliphatic rings. The predicted octanol–water partition coefficient (Wildman–Crippen LogP) is 8.55. The third-order valence-corrected chi connectivity index (χ3v) is 9.61. The fraction of sp³-hybridized carbons (Fsp3) is 0.943. The first-order chi connectivity index (χ1) is 21.7. The second-order valence-corrected chi connectivity index (χ2v) is 14.8.